The van der Waals surface area contributed by atoms with E-state index >= 15 is 0 Å². The van der Waals surface area contributed by atoms with Gasteiger partial charge in [0, 0.05) is 17.7 Å². The number of carbonyl (C=O) groups excluding carboxylic acids is 1. The van der Waals surface area contributed by atoms with Crippen LogP contribution in [0, 0.1) is 0 Å². The van der Waals surface area contributed by atoms with Gasteiger partial charge in [-0.15, -0.1) is 0 Å². The molecule has 0 aliphatic carbocycles. The van der Waals surface area contributed by atoms with Gasteiger partial charge in [-0.3, -0.25) is 4.90 Å². The number of hydrogen-bond acceptors (Lipinski definition) is 2. The van der Waals surface area contributed by atoms with E-state index in [0.29, 0.717) is 6.61 Å². The molecule has 0 spiro atoms. The zero-order valence-electron chi connectivity index (χ0n) is 8.76. The third-order valence-electron chi connectivity index (χ3n) is 2.06. The molecule has 1 aliphatic heterocycles. The molecule has 0 atom stereocenters. The van der Waals surface area contributed by atoms with Crippen molar-refractivity contribution in [3.8, 4) is 0 Å². The van der Waals surface area contributed by atoms with Crippen LogP contribution in [-0.2, 0) is 4.74 Å². The van der Waals surface area contributed by atoms with Gasteiger partial charge in [0.25, 0.3) is 0 Å². The minimum Gasteiger partial charge on any atom is -0.449 e. The van der Waals surface area contributed by atoms with Gasteiger partial charge in [-0.25, -0.2) is 4.79 Å². The summed E-state index contributed by atoms with van der Waals surface area (Å²) in [6.07, 6.45) is 2.57. The monoisotopic (exact) mass is 183 g/mol. The molecule has 1 aliphatic rings. The normalized spacial score (nSPS) is 22.0. The second kappa shape index (κ2) is 3.40. The molecule has 0 unspecified atom stereocenters. The summed E-state index contributed by atoms with van der Waals surface area (Å²) in [5.74, 6) is 0. The molecule has 0 N–H and O–H groups in total. The first-order chi connectivity index (χ1) is 5.96. The predicted octanol–water partition coefficient (Wildman–Crippen LogP) is 2.53. The number of amides is 1. The van der Waals surface area contributed by atoms with Crippen molar-refractivity contribution >= 4 is 6.09 Å². The smallest absolute Gasteiger partial charge is 0.414 e. The minimum absolute atomic E-state index is 0.195. The molecule has 0 aromatic carbocycles. The van der Waals surface area contributed by atoms with E-state index < -0.39 is 0 Å². The van der Waals surface area contributed by atoms with Crippen LogP contribution in [0.15, 0.2) is 11.8 Å². The molecule has 3 heteroatoms. The van der Waals surface area contributed by atoms with Crippen LogP contribution in [0.25, 0.3) is 0 Å². The van der Waals surface area contributed by atoms with Crippen LogP contribution < -0.4 is 0 Å². The number of cyclic esters (lactones) is 1. The second-order valence-corrected chi connectivity index (χ2v) is 4.15. The summed E-state index contributed by atoms with van der Waals surface area (Å²) in [6, 6.07) is 0. The van der Waals surface area contributed by atoms with E-state index in [-0.39, 0.29) is 11.6 Å². The third kappa shape index (κ3) is 2.02. The molecule has 0 aromatic heterocycles. The van der Waals surface area contributed by atoms with E-state index in [0.717, 1.165) is 12.1 Å². The molecule has 1 rings (SSSR count). The number of hydrogen-bond donors (Lipinski definition) is 0. The number of ether oxygens (including phenoxy) is 1. The van der Waals surface area contributed by atoms with Crippen LogP contribution in [0.4, 0.5) is 4.79 Å². The Morgan fingerprint density at radius 2 is 2.08 bits per heavy atom. The Morgan fingerprint density at radius 1 is 1.46 bits per heavy atom. The Balaban J connectivity index is 2.93. The Hall–Kier alpha value is -0.990. The third-order valence-corrected chi connectivity index (χ3v) is 2.06. The van der Waals surface area contributed by atoms with Gasteiger partial charge >= 0.3 is 6.09 Å². The molecule has 0 bridgehead atoms. The Labute approximate surface area is 79.4 Å². The number of rotatable bonds is 0. The van der Waals surface area contributed by atoms with E-state index in [2.05, 4.69) is 0 Å². The summed E-state index contributed by atoms with van der Waals surface area (Å²) in [4.78, 5) is 13.2. The number of carbonyl (C=O) groups is 1. The molecule has 0 radical (unpaired) electrons. The quantitative estimate of drug-likeness (QED) is 0.577. The highest BCUT2D eigenvalue weighted by molar-refractivity contribution is 5.72. The molecular weight excluding hydrogens is 166 g/mol. The van der Waals surface area contributed by atoms with Gasteiger partial charge in [-0.2, -0.15) is 0 Å². The Kier molecular flexibility index (Phi) is 2.64. The van der Waals surface area contributed by atoms with Crippen LogP contribution in [0.3, 0.4) is 0 Å². The highest BCUT2D eigenvalue weighted by Crippen LogP contribution is 2.26. The van der Waals surface area contributed by atoms with Gasteiger partial charge in [0.15, 0.2) is 0 Å². The van der Waals surface area contributed by atoms with Crippen molar-refractivity contribution in [2.75, 3.05) is 6.61 Å². The van der Waals surface area contributed by atoms with Crippen molar-refractivity contribution in [3.63, 3.8) is 0 Å². The van der Waals surface area contributed by atoms with Crippen LogP contribution >= 0.6 is 0 Å². The van der Waals surface area contributed by atoms with Gasteiger partial charge in [0.2, 0.25) is 0 Å². The maximum absolute atomic E-state index is 11.5. The van der Waals surface area contributed by atoms with Crippen molar-refractivity contribution < 1.29 is 9.53 Å². The highest BCUT2D eigenvalue weighted by atomic mass is 16.6. The van der Waals surface area contributed by atoms with E-state index in [1.165, 1.54) is 0 Å². The molecule has 1 amide bonds. The SMILES string of the molecule is C/C=C1\CCOC(=O)N1C(C)(C)C. The Morgan fingerprint density at radius 3 is 2.46 bits per heavy atom. The predicted molar refractivity (Wildman–Crippen MR) is 51.3 cm³/mol. The molecule has 1 heterocycles. The molecule has 13 heavy (non-hydrogen) atoms. The molecule has 0 aromatic rings. The Bertz CT molecular complexity index is 238. The summed E-state index contributed by atoms with van der Waals surface area (Å²) in [6.45, 7) is 8.47. The fraction of sp³-hybridized carbons (Fsp3) is 0.700. The van der Waals surface area contributed by atoms with Crippen molar-refractivity contribution in [1.82, 2.24) is 4.90 Å². The topological polar surface area (TPSA) is 29.5 Å². The number of allylic oxidation sites excluding steroid dienone is 1. The lowest BCUT2D eigenvalue weighted by atomic mass is 10.0. The summed E-state index contributed by atoms with van der Waals surface area (Å²) in [7, 11) is 0. The zero-order chi connectivity index (χ0) is 10.1. The summed E-state index contributed by atoms with van der Waals surface area (Å²) >= 11 is 0. The molecular formula is C10H17NO2. The summed E-state index contributed by atoms with van der Waals surface area (Å²) < 4.78 is 5.00. The first kappa shape index (κ1) is 10.1. The maximum atomic E-state index is 11.5. The highest BCUT2D eigenvalue weighted by Gasteiger charge is 2.33. The lowest BCUT2D eigenvalue weighted by Gasteiger charge is -2.39. The molecule has 1 fully saturated rings. The van der Waals surface area contributed by atoms with Crippen molar-refractivity contribution in [1.29, 1.82) is 0 Å². The lowest BCUT2D eigenvalue weighted by molar-refractivity contribution is 0.0605. The van der Waals surface area contributed by atoms with Crippen LogP contribution in [0.1, 0.15) is 34.1 Å². The van der Waals surface area contributed by atoms with Gasteiger partial charge in [0.1, 0.15) is 0 Å². The minimum atomic E-state index is -0.230. The van der Waals surface area contributed by atoms with Crippen molar-refractivity contribution in [3.05, 3.63) is 11.8 Å². The van der Waals surface area contributed by atoms with Crippen molar-refractivity contribution in [2.24, 2.45) is 0 Å². The summed E-state index contributed by atoms with van der Waals surface area (Å²) in [5, 5.41) is 0. The second-order valence-electron chi connectivity index (χ2n) is 4.15. The summed E-state index contributed by atoms with van der Waals surface area (Å²) in [5.41, 5.74) is 0.864. The van der Waals surface area contributed by atoms with E-state index in [1.54, 1.807) is 4.90 Å². The van der Waals surface area contributed by atoms with Crippen molar-refractivity contribution in [2.45, 2.75) is 39.7 Å². The van der Waals surface area contributed by atoms with Gasteiger partial charge in [-0.1, -0.05) is 6.08 Å². The fourth-order valence-corrected chi connectivity index (χ4v) is 1.51. The van der Waals surface area contributed by atoms with E-state index in [1.807, 2.05) is 33.8 Å². The standard InChI is InChI=1S/C10H17NO2/c1-5-8-6-7-13-9(12)11(8)10(2,3)4/h5H,6-7H2,1-4H3/b8-5+. The molecule has 0 saturated carbocycles. The van der Waals surface area contributed by atoms with Gasteiger partial charge < -0.3 is 4.74 Å². The molecule has 3 nitrogen and oxygen atoms in total. The van der Waals surface area contributed by atoms with Gasteiger partial charge in [-0.05, 0) is 27.7 Å². The average Bonchev–Trinajstić information content (AvgIpc) is 2.01. The first-order valence-electron chi connectivity index (χ1n) is 4.59. The number of nitrogens with zero attached hydrogens (tertiary/aromatic N) is 1. The lowest BCUT2D eigenvalue weighted by Crippen LogP contribution is -2.47. The van der Waals surface area contributed by atoms with E-state index in [4.69, 9.17) is 4.74 Å². The zero-order valence-corrected chi connectivity index (χ0v) is 8.76. The van der Waals surface area contributed by atoms with Crippen LogP contribution in [0.5, 0.6) is 0 Å². The maximum Gasteiger partial charge on any atom is 0.414 e. The van der Waals surface area contributed by atoms with E-state index in [9.17, 15) is 4.79 Å². The average molecular weight is 183 g/mol. The largest absolute Gasteiger partial charge is 0.449 e. The molecule has 74 valence electrons. The van der Waals surface area contributed by atoms with Gasteiger partial charge in [0.05, 0.1) is 6.61 Å². The van der Waals surface area contributed by atoms with Crippen LogP contribution in [-0.4, -0.2) is 23.1 Å². The van der Waals surface area contributed by atoms with Crippen LogP contribution in [0.2, 0.25) is 0 Å². The fourth-order valence-electron chi connectivity index (χ4n) is 1.51. The molecule has 1 saturated heterocycles. The first-order valence-corrected chi connectivity index (χ1v) is 4.59.